The average Bonchev–Trinajstić information content (AvgIpc) is 2.47. The van der Waals surface area contributed by atoms with Gasteiger partial charge in [-0.25, -0.2) is 0 Å². The van der Waals surface area contributed by atoms with E-state index in [1.807, 2.05) is 18.2 Å². The van der Waals surface area contributed by atoms with Gasteiger partial charge in [-0.3, -0.25) is 0 Å². The Labute approximate surface area is 132 Å². The summed E-state index contributed by atoms with van der Waals surface area (Å²) in [6, 6.07) is 16.5. The Morgan fingerprint density at radius 3 is 2.50 bits per heavy atom. The van der Waals surface area contributed by atoms with Crippen molar-refractivity contribution in [3.63, 3.8) is 0 Å². The zero-order valence-electron chi connectivity index (χ0n) is 11.4. The molecule has 0 bridgehead atoms. The third-order valence-corrected chi connectivity index (χ3v) is 4.33. The van der Waals surface area contributed by atoms with E-state index < -0.39 is 0 Å². The number of anilines is 1. The minimum absolute atomic E-state index is 0.146. The Kier molecular flexibility index (Phi) is 5.11. The number of nitriles is 1. The Morgan fingerprint density at radius 1 is 1.20 bits per heavy atom. The summed E-state index contributed by atoms with van der Waals surface area (Å²) in [7, 11) is 0. The lowest BCUT2D eigenvalue weighted by Gasteiger charge is -2.17. The Morgan fingerprint density at radius 2 is 1.90 bits per heavy atom. The molecule has 0 aliphatic heterocycles. The van der Waals surface area contributed by atoms with Crippen LogP contribution in [0.1, 0.15) is 24.1 Å². The summed E-state index contributed by atoms with van der Waals surface area (Å²) in [4.78, 5) is 1.25. The molecule has 0 saturated heterocycles. The lowest BCUT2D eigenvalue weighted by molar-refractivity contribution is 0.882. The van der Waals surface area contributed by atoms with Crippen LogP contribution < -0.4 is 5.32 Å². The van der Waals surface area contributed by atoms with E-state index in [0.29, 0.717) is 5.56 Å². The van der Waals surface area contributed by atoms with Crippen LogP contribution in [0.25, 0.3) is 0 Å². The maximum absolute atomic E-state index is 9.15. The quantitative estimate of drug-likeness (QED) is 0.771. The lowest BCUT2D eigenvalue weighted by Crippen LogP contribution is -2.07. The molecule has 0 amide bonds. The molecule has 0 aliphatic carbocycles. The molecule has 4 heteroatoms. The molecule has 1 N–H and O–H groups in total. The van der Waals surface area contributed by atoms with E-state index in [1.54, 1.807) is 11.8 Å². The monoisotopic (exact) mass is 346 g/mol. The SMILES string of the molecule is CSc1ccc(C(C)Nc2cc(Br)ccc2C#N)cc1. The van der Waals surface area contributed by atoms with Gasteiger partial charge in [-0.1, -0.05) is 28.1 Å². The molecular formula is C16H15BrN2S. The normalized spacial score (nSPS) is 11.7. The molecule has 0 radical (unpaired) electrons. The summed E-state index contributed by atoms with van der Waals surface area (Å²) in [6.07, 6.45) is 2.07. The van der Waals surface area contributed by atoms with Crippen molar-refractivity contribution in [3.8, 4) is 6.07 Å². The smallest absolute Gasteiger partial charge is 0.101 e. The van der Waals surface area contributed by atoms with E-state index in [-0.39, 0.29) is 6.04 Å². The van der Waals surface area contributed by atoms with Gasteiger partial charge in [0.15, 0.2) is 0 Å². The van der Waals surface area contributed by atoms with Gasteiger partial charge in [0.2, 0.25) is 0 Å². The first-order valence-corrected chi connectivity index (χ1v) is 8.26. The number of halogens is 1. The van der Waals surface area contributed by atoms with Crippen molar-refractivity contribution < 1.29 is 0 Å². The molecule has 0 saturated carbocycles. The first-order valence-electron chi connectivity index (χ1n) is 6.24. The van der Waals surface area contributed by atoms with Gasteiger partial charge in [-0.05, 0) is 49.1 Å². The number of hydrogen-bond donors (Lipinski definition) is 1. The summed E-state index contributed by atoms with van der Waals surface area (Å²) in [5, 5.41) is 12.5. The second-order valence-electron chi connectivity index (χ2n) is 4.44. The maximum Gasteiger partial charge on any atom is 0.101 e. The minimum atomic E-state index is 0.146. The van der Waals surface area contributed by atoms with E-state index >= 15 is 0 Å². The fourth-order valence-electron chi connectivity index (χ4n) is 1.94. The molecule has 1 unspecified atom stereocenters. The van der Waals surface area contributed by atoms with E-state index in [2.05, 4.69) is 64.8 Å². The van der Waals surface area contributed by atoms with Crippen LogP contribution in [0.2, 0.25) is 0 Å². The molecule has 0 aliphatic rings. The summed E-state index contributed by atoms with van der Waals surface area (Å²) >= 11 is 5.17. The van der Waals surface area contributed by atoms with Crippen LogP contribution in [0.4, 0.5) is 5.69 Å². The van der Waals surface area contributed by atoms with Gasteiger partial charge < -0.3 is 5.32 Å². The zero-order valence-corrected chi connectivity index (χ0v) is 13.8. The van der Waals surface area contributed by atoms with Gasteiger partial charge in [0.1, 0.15) is 6.07 Å². The number of hydrogen-bond acceptors (Lipinski definition) is 3. The van der Waals surface area contributed by atoms with Gasteiger partial charge in [0, 0.05) is 15.4 Å². The zero-order chi connectivity index (χ0) is 14.5. The van der Waals surface area contributed by atoms with Crippen LogP contribution in [0.15, 0.2) is 51.8 Å². The number of rotatable bonds is 4. The van der Waals surface area contributed by atoms with E-state index in [1.165, 1.54) is 10.5 Å². The molecule has 2 nitrogen and oxygen atoms in total. The van der Waals surface area contributed by atoms with E-state index in [9.17, 15) is 0 Å². The van der Waals surface area contributed by atoms with Crippen molar-refractivity contribution in [1.29, 1.82) is 5.26 Å². The second kappa shape index (κ2) is 6.83. The first-order chi connectivity index (χ1) is 9.63. The molecular weight excluding hydrogens is 332 g/mol. The first kappa shape index (κ1) is 15.0. The molecule has 0 aromatic heterocycles. The molecule has 2 aromatic rings. The van der Waals surface area contributed by atoms with Crippen molar-refractivity contribution in [1.82, 2.24) is 0 Å². The fourth-order valence-corrected chi connectivity index (χ4v) is 2.71. The molecule has 102 valence electrons. The topological polar surface area (TPSA) is 35.8 Å². The Balaban J connectivity index is 2.20. The molecule has 0 spiro atoms. The molecule has 20 heavy (non-hydrogen) atoms. The van der Waals surface area contributed by atoms with E-state index in [4.69, 9.17) is 5.26 Å². The van der Waals surface area contributed by atoms with Crippen molar-refractivity contribution in [2.24, 2.45) is 0 Å². The number of nitrogens with one attached hydrogen (secondary N) is 1. The average molecular weight is 347 g/mol. The highest BCUT2D eigenvalue weighted by atomic mass is 79.9. The molecule has 2 rings (SSSR count). The number of nitrogens with zero attached hydrogens (tertiary/aromatic N) is 1. The fraction of sp³-hybridized carbons (Fsp3) is 0.188. The minimum Gasteiger partial charge on any atom is -0.377 e. The van der Waals surface area contributed by atoms with Gasteiger partial charge in [-0.2, -0.15) is 5.26 Å². The predicted molar refractivity (Wildman–Crippen MR) is 89.1 cm³/mol. The van der Waals surface area contributed by atoms with Gasteiger partial charge >= 0.3 is 0 Å². The number of thioether (sulfide) groups is 1. The van der Waals surface area contributed by atoms with Crippen LogP contribution >= 0.6 is 27.7 Å². The molecule has 0 heterocycles. The van der Waals surface area contributed by atoms with Crippen LogP contribution in [-0.2, 0) is 0 Å². The maximum atomic E-state index is 9.15. The van der Waals surface area contributed by atoms with Gasteiger partial charge in [0.05, 0.1) is 11.3 Å². The highest BCUT2D eigenvalue weighted by molar-refractivity contribution is 9.10. The van der Waals surface area contributed by atoms with Gasteiger partial charge in [0.25, 0.3) is 0 Å². The summed E-state index contributed by atoms with van der Waals surface area (Å²) in [5.74, 6) is 0. The van der Waals surface area contributed by atoms with Crippen molar-refractivity contribution >= 4 is 33.4 Å². The van der Waals surface area contributed by atoms with Crippen LogP contribution in [0.3, 0.4) is 0 Å². The summed E-state index contributed by atoms with van der Waals surface area (Å²) in [6.45, 7) is 2.09. The van der Waals surface area contributed by atoms with Crippen LogP contribution in [0.5, 0.6) is 0 Å². The van der Waals surface area contributed by atoms with Crippen LogP contribution in [0, 0.1) is 11.3 Å². The predicted octanol–water partition coefficient (Wildman–Crippen LogP) is 5.22. The highest BCUT2D eigenvalue weighted by Crippen LogP contribution is 2.26. The summed E-state index contributed by atoms with van der Waals surface area (Å²) < 4.78 is 0.962. The van der Waals surface area contributed by atoms with E-state index in [0.717, 1.165) is 10.2 Å². The highest BCUT2D eigenvalue weighted by Gasteiger charge is 2.09. The third kappa shape index (κ3) is 3.56. The number of benzene rings is 2. The van der Waals surface area contributed by atoms with Crippen molar-refractivity contribution in [2.45, 2.75) is 17.9 Å². The lowest BCUT2D eigenvalue weighted by atomic mass is 10.1. The van der Waals surface area contributed by atoms with Gasteiger partial charge in [-0.15, -0.1) is 11.8 Å². The molecule has 2 aromatic carbocycles. The third-order valence-electron chi connectivity index (χ3n) is 3.09. The van der Waals surface area contributed by atoms with Crippen molar-refractivity contribution in [3.05, 3.63) is 58.1 Å². The molecule has 1 atom stereocenters. The summed E-state index contributed by atoms with van der Waals surface area (Å²) in [5.41, 5.74) is 2.70. The molecule has 0 fully saturated rings. The second-order valence-corrected chi connectivity index (χ2v) is 6.24. The van der Waals surface area contributed by atoms with Crippen molar-refractivity contribution in [2.75, 3.05) is 11.6 Å². The Hall–Kier alpha value is -1.44. The largest absolute Gasteiger partial charge is 0.377 e. The van der Waals surface area contributed by atoms with Crippen LogP contribution in [-0.4, -0.2) is 6.26 Å². The standard InChI is InChI=1S/C16H15BrN2S/c1-11(12-4-7-15(20-2)8-5-12)19-16-9-14(17)6-3-13(16)10-18/h3-9,11,19H,1-2H3. The Bertz CT molecular complexity index is 632.